The van der Waals surface area contributed by atoms with Gasteiger partial charge in [0.1, 0.15) is 0 Å². The van der Waals surface area contributed by atoms with Crippen LogP contribution in [0.15, 0.2) is 58.5 Å². The summed E-state index contributed by atoms with van der Waals surface area (Å²) in [7, 11) is 1.68. The molecule has 1 aliphatic carbocycles. The summed E-state index contributed by atoms with van der Waals surface area (Å²) in [6, 6.07) is 0. The zero-order valence-corrected chi connectivity index (χ0v) is 20.6. The van der Waals surface area contributed by atoms with E-state index in [-0.39, 0.29) is 30.4 Å². The van der Waals surface area contributed by atoms with Crippen molar-refractivity contribution in [3.05, 3.63) is 58.5 Å². The number of carbonyl (C=O) groups excluding carboxylic acids is 3. The average molecular weight is 459 g/mol. The van der Waals surface area contributed by atoms with Crippen LogP contribution in [0.2, 0.25) is 0 Å². The monoisotopic (exact) mass is 458 g/mol. The fourth-order valence-corrected chi connectivity index (χ4v) is 3.14. The molecule has 2 N–H and O–H groups in total. The van der Waals surface area contributed by atoms with Gasteiger partial charge < -0.3 is 20.1 Å². The van der Waals surface area contributed by atoms with Crippen LogP contribution >= 0.6 is 0 Å². The lowest BCUT2D eigenvalue weighted by Crippen LogP contribution is -2.33. The van der Waals surface area contributed by atoms with Gasteiger partial charge in [0.15, 0.2) is 0 Å². The van der Waals surface area contributed by atoms with Crippen LogP contribution in [0, 0.1) is 0 Å². The molecule has 182 valence electrons. The van der Waals surface area contributed by atoms with Crippen LogP contribution < -0.4 is 5.32 Å². The molecule has 0 aliphatic heterocycles. The number of aliphatic hydroxyl groups is 1. The van der Waals surface area contributed by atoms with E-state index in [4.69, 9.17) is 9.84 Å². The zero-order chi connectivity index (χ0) is 24.8. The number of carbonyl (C=O) groups is 3. The highest BCUT2D eigenvalue weighted by atomic mass is 16.5. The lowest BCUT2D eigenvalue weighted by Gasteiger charge is -2.23. The number of ether oxygens (including phenoxy) is 1. The van der Waals surface area contributed by atoms with Gasteiger partial charge in [-0.05, 0) is 53.4 Å². The van der Waals surface area contributed by atoms with Gasteiger partial charge in [-0.3, -0.25) is 14.4 Å². The van der Waals surface area contributed by atoms with Crippen molar-refractivity contribution in [2.45, 2.75) is 53.4 Å². The van der Waals surface area contributed by atoms with E-state index in [1.54, 1.807) is 11.9 Å². The average Bonchev–Trinajstić information content (AvgIpc) is 2.73. The molecule has 0 aromatic heterocycles. The molecule has 33 heavy (non-hydrogen) atoms. The Balaban J connectivity index is 2.55. The lowest BCUT2D eigenvalue weighted by atomic mass is 10.0. The lowest BCUT2D eigenvalue weighted by molar-refractivity contribution is -0.119. The van der Waals surface area contributed by atoms with Crippen LogP contribution in [0.4, 0.5) is 0 Å². The number of nitrogens with one attached hydrogen (secondary N) is 1. The Morgan fingerprint density at radius 1 is 1.00 bits per heavy atom. The molecule has 7 heteroatoms. The third kappa shape index (κ3) is 11.6. The number of hydrogen-bond acceptors (Lipinski definition) is 6. The van der Waals surface area contributed by atoms with Crippen LogP contribution in [-0.2, 0) is 19.1 Å². The maximum absolute atomic E-state index is 12.4. The molecule has 0 atom stereocenters. The molecule has 1 aliphatic rings. The zero-order valence-electron chi connectivity index (χ0n) is 20.6. The smallest absolute Gasteiger partial charge is 0.248 e. The Morgan fingerprint density at radius 3 is 2.33 bits per heavy atom. The molecular formula is C26H38N2O5. The van der Waals surface area contributed by atoms with E-state index in [9.17, 15) is 14.4 Å². The maximum Gasteiger partial charge on any atom is 0.248 e. The first-order valence-electron chi connectivity index (χ1n) is 11.3. The van der Waals surface area contributed by atoms with Gasteiger partial charge in [0.05, 0.1) is 31.2 Å². The van der Waals surface area contributed by atoms with Gasteiger partial charge in [-0.2, -0.15) is 0 Å². The molecule has 0 fully saturated rings. The largest absolute Gasteiger partial charge is 0.394 e. The van der Waals surface area contributed by atoms with Gasteiger partial charge in [0, 0.05) is 31.8 Å². The minimum absolute atomic E-state index is 0.0299. The normalized spacial score (nSPS) is 14.6. The molecule has 0 saturated carbocycles. The van der Waals surface area contributed by atoms with Crippen molar-refractivity contribution in [1.29, 1.82) is 0 Å². The molecule has 0 spiro atoms. The Hall–Kier alpha value is -2.77. The summed E-state index contributed by atoms with van der Waals surface area (Å²) in [6.45, 7) is 9.03. The fourth-order valence-electron chi connectivity index (χ4n) is 3.14. The predicted molar refractivity (Wildman–Crippen MR) is 130 cm³/mol. The fraction of sp³-hybridized carbons (Fsp3) is 0.500. The van der Waals surface area contributed by atoms with Crippen LogP contribution in [0.25, 0.3) is 0 Å². The molecule has 1 rings (SSSR count). The van der Waals surface area contributed by atoms with Crippen molar-refractivity contribution in [1.82, 2.24) is 10.2 Å². The van der Waals surface area contributed by atoms with Crippen molar-refractivity contribution < 1.29 is 24.2 Å². The minimum atomic E-state index is -0.429. The number of hydrogen-bond donors (Lipinski definition) is 2. The minimum Gasteiger partial charge on any atom is -0.394 e. The van der Waals surface area contributed by atoms with E-state index in [0.29, 0.717) is 13.2 Å². The van der Waals surface area contributed by atoms with E-state index >= 15 is 0 Å². The van der Waals surface area contributed by atoms with Crippen molar-refractivity contribution in [2.75, 3.05) is 33.4 Å². The summed E-state index contributed by atoms with van der Waals surface area (Å²) in [6.07, 6.45) is 11.9. The standard InChI is InChI=1S/C26H38N2O5/c1-19(2)8-6-9-20(3)10-7-11-21(4)16-26(32)27-22-17-25(31)23(18-24(22)30)28(5)12-14-33-15-13-29/h8,10,16-18,29H,6-7,9,11-15H2,1-5H3,(H,27,32). The molecule has 0 saturated heterocycles. The Labute approximate surface area is 197 Å². The van der Waals surface area contributed by atoms with Crippen molar-refractivity contribution in [3.8, 4) is 0 Å². The summed E-state index contributed by atoms with van der Waals surface area (Å²) in [5.41, 5.74) is 3.76. The molecule has 0 unspecified atom stereocenters. The summed E-state index contributed by atoms with van der Waals surface area (Å²) >= 11 is 0. The number of amides is 1. The highest BCUT2D eigenvalue weighted by Crippen LogP contribution is 2.14. The Morgan fingerprint density at radius 2 is 1.67 bits per heavy atom. The van der Waals surface area contributed by atoms with E-state index < -0.39 is 11.7 Å². The molecule has 0 heterocycles. The van der Waals surface area contributed by atoms with Crippen LogP contribution in [0.5, 0.6) is 0 Å². The molecule has 0 aromatic carbocycles. The van der Waals surface area contributed by atoms with Gasteiger partial charge in [0.25, 0.3) is 0 Å². The second-order valence-corrected chi connectivity index (χ2v) is 8.46. The van der Waals surface area contributed by atoms with Crippen molar-refractivity contribution in [2.24, 2.45) is 0 Å². The Bertz CT molecular complexity index is 858. The summed E-state index contributed by atoms with van der Waals surface area (Å²) in [5.74, 6) is -1.21. The highest BCUT2D eigenvalue weighted by Gasteiger charge is 2.23. The van der Waals surface area contributed by atoms with Crippen LogP contribution in [0.1, 0.15) is 53.4 Å². The molecule has 7 nitrogen and oxygen atoms in total. The highest BCUT2D eigenvalue weighted by molar-refractivity contribution is 6.20. The van der Waals surface area contributed by atoms with E-state index in [1.165, 1.54) is 23.3 Å². The van der Waals surface area contributed by atoms with Crippen LogP contribution in [-0.4, -0.2) is 60.9 Å². The molecular weight excluding hydrogens is 420 g/mol. The maximum atomic E-state index is 12.4. The first kappa shape index (κ1) is 28.3. The Kier molecular flexibility index (Phi) is 13.0. The third-order valence-electron chi connectivity index (χ3n) is 5.04. The van der Waals surface area contributed by atoms with Gasteiger partial charge >= 0.3 is 0 Å². The van der Waals surface area contributed by atoms with Gasteiger partial charge in [0.2, 0.25) is 17.5 Å². The van der Waals surface area contributed by atoms with Gasteiger partial charge in [-0.15, -0.1) is 0 Å². The topological polar surface area (TPSA) is 95.9 Å². The van der Waals surface area contributed by atoms with Crippen molar-refractivity contribution in [3.63, 3.8) is 0 Å². The number of allylic oxidation sites excluding steroid dienone is 7. The third-order valence-corrected chi connectivity index (χ3v) is 5.04. The molecule has 0 aromatic rings. The first-order valence-corrected chi connectivity index (χ1v) is 11.3. The predicted octanol–water partition coefficient (Wildman–Crippen LogP) is 3.38. The molecule has 0 bridgehead atoms. The molecule has 1 amide bonds. The second kappa shape index (κ2) is 15.1. The second-order valence-electron chi connectivity index (χ2n) is 8.46. The van der Waals surface area contributed by atoms with Gasteiger partial charge in [-0.25, -0.2) is 0 Å². The van der Waals surface area contributed by atoms with E-state index in [0.717, 1.165) is 37.3 Å². The number of nitrogens with zero attached hydrogens (tertiary/aromatic N) is 1. The summed E-state index contributed by atoms with van der Waals surface area (Å²) in [4.78, 5) is 38.7. The quantitative estimate of drug-likeness (QED) is 0.179. The number of likely N-dealkylation sites (N-methyl/N-ethyl adjacent to an activating group) is 1. The number of ketones is 2. The number of aliphatic hydroxyl groups excluding tert-OH is 1. The van der Waals surface area contributed by atoms with Gasteiger partial charge in [-0.1, -0.05) is 28.9 Å². The van der Waals surface area contributed by atoms with E-state index in [1.807, 2.05) is 6.92 Å². The number of rotatable bonds is 14. The molecule has 0 radical (unpaired) electrons. The van der Waals surface area contributed by atoms with Crippen LogP contribution in [0.3, 0.4) is 0 Å². The van der Waals surface area contributed by atoms with Crippen molar-refractivity contribution >= 4 is 17.5 Å². The summed E-state index contributed by atoms with van der Waals surface area (Å²) in [5, 5.41) is 11.2. The summed E-state index contributed by atoms with van der Waals surface area (Å²) < 4.78 is 5.18. The van der Waals surface area contributed by atoms with E-state index in [2.05, 4.69) is 38.2 Å². The SMILES string of the molecule is CC(C)=CCCC(C)=CCCC(C)=CC(=O)NC1=CC(=O)C(N(C)CCOCCO)=CC1=O. The first-order chi connectivity index (χ1) is 15.6.